The van der Waals surface area contributed by atoms with E-state index < -0.39 is 5.91 Å². The lowest BCUT2D eigenvalue weighted by molar-refractivity contribution is -0.117. The van der Waals surface area contributed by atoms with Crippen LogP contribution in [0.5, 0.6) is 0 Å². The zero-order chi connectivity index (χ0) is 15.0. The van der Waals surface area contributed by atoms with Gasteiger partial charge in [-0.25, -0.2) is 0 Å². The Morgan fingerprint density at radius 1 is 1.30 bits per heavy atom. The number of thioether (sulfide) groups is 1. The molecule has 0 spiro atoms. The van der Waals surface area contributed by atoms with Crippen molar-refractivity contribution < 1.29 is 4.79 Å². The molecule has 1 aromatic rings. The largest absolute Gasteiger partial charge is 0.360 e. The van der Waals surface area contributed by atoms with Gasteiger partial charge in [0.05, 0.1) is 0 Å². The molecule has 0 bridgehead atoms. The number of carbonyl (C=O) groups excluding carboxylic acids is 1. The number of nitrogens with zero attached hydrogens (tertiary/aromatic N) is 2. The van der Waals surface area contributed by atoms with Crippen molar-refractivity contribution in [3.05, 3.63) is 36.0 Å². The highest BCUT2D eigenvalue weighted by atomic mass is 32.2. The van der Waals surface area contributed by atoms with Crippen LogP contribution in [0.25, 0.3) is 0 Å². The summed E-state index contributed by atoms with van der Waals surface area (Å²) in [6.45, 7) is 3.65. The van der Waals surface area contributed by atoms with Crippen LogP contribution in [0.15, 0.2) is 40.9 Å². The average molecular weight is 286 g/mol. The highest BCUT2D eigenvalue weighted by Crippen LogP contribution is 2.19. The molecule has 0 saturated carbocycles. The summed E-state index contributed by atoms with van der Waals surface area (Å²) in [5.41, 5.74) is 0.742. The van der Waals surface area contributed by atoms with Gasteiger partial charge in [0.2, 0.25) is 0 Å². The fraction of sp³-hybridized carbons (Fsp3) is 0.214. The standard InChI is InChI=1S/C14H14N4OS/c1-10(2)18-14(19)11(7-15)8-17-12-3-5-13(6-4-12)20-9-16/h3-6,8,10,17H,1-2H3,(H,18,19)/b11-8-. The van der Waals surface area contributed by atoms with Crippen LogP contribution >= 0.6 is 11.8 Å². The van der Waals surface area contributed by atoms with Gasteiger partial charge in [0.15, 0.2) is 0 Å². The van der Waals surface area contributed by atoms with Crippen molar-refractivity contribution in [3.63, 3.8) is 0 Å². The average Bonchev–Trinajstić information content (AvgIpc) is 2.41. The van der Waals surface area contributed by atoms with Crippen molar-refractivity contribution >= 4 is 23.4 Å². The minimum Gasteiger partial charge on any atom is -0.360 e. The van der Waals surface area contributed by atoms with Gasteiger partial charge in [-0.2, -0.15) is 10.5 Å². The van der Waals surface area contributed by atoms with Crippen LogP contribution in [0.1, 0.15) is 13.8 Å². The Bertz CT molecular complexity index is 579. The second kappa shape index (κ2) is 7.88. The van der Waals surface area contributed by atoms with E-state index in [0.29, 0.717) is 0 Å². The molecule has 0 radical (unpaired) electrons. The molecule has 0 atom stereocenters. The number of carbonyl (C=O) groups is 1. The molecular formula is C14H14N4OS. The van der Waals surface area contributed by atoms with Gasteiger partial charge in [0, 0.05) is 22.8 Å². The van der Waals surface area contributed by atoms with Gasteiger partial charge in [-0.1, -0.05) is 0 Å². The first-order valence-electron chi connectivity index (χ1n) is 5.90. The van der Waals surface area contributed by atoms with Crippen LogP contribution in [-0.2, 0) is 4.79 Å². The second-order valence-electron chi connectivity index (χ2n) is 4.16. The monoisotopic (exact) mass is 286 g/mol. The highest BCUT2D eigenvalue weighted by Gasteiger charge is 2.09. The SMILES string of the molecule is CC(C)NC(=O)/C(C#N)=C\Nc1ccc(SC#N)cc1. The molecule has 0 saturated heterocycles. The van der Waals surface area contributed by atoms with E-state index in [4.69, 9.17) is 10.5 Å². The normalized spacial score (nSPS) is 10.6. The molecule has 0 aliphatic heterocycles. The van der Waals surface area contributed by atoms with Gasteiger partial charge in [0.25, 0.3) is 5.91 Å². The van der Waals surface area contributed by atoms with Crippen LogP contribution in [0.4, 0.5) is 5.69 Å². The summed E-state index contributed by atoms with van der Waals surface area (Å²) in [5.74, 6) is -0.411. The maximum absolute atomic E-state index is 11.7. The molecule has 0 heterocycles. The first-order chi connectivity index (χ1) is 9.56. The van der Waals surface area contributed by atoms with Crippen molar-refractivity contribution in [1.29, 1.82) is 10.5 Å². The summed E-state index contributed by atoms with van der Waals surface area (Å²) in [7, 11) is 0. The minimum absolute atomic E-state index is 0.00850. The highest BCUT2D eigenvalue weighted by molar-refractivity contribution is 8.03. The van der Waals surface area contributed by atoms with Crippen LogP contribution < -0.4 is 10.6 Å². The predicted molar refractivity (Wildman–Crippen MR) is 78.5 cm³/mol. The van der Waals surface area contributed by atoms with Crippen LogP contribution in [0.2, 0.25) is 0 Å². The minimum atomic E-state index is -0.411. The lowest BCUT2D eigenvalue weighted by atomic mass is 10.2. The second-order valence-corrected chi connectivity index (χ2v) is 5.02. The zero-order valence-corrected chi connectivity index (χ0v) is 12.0. The van der Waals surface area contributed by atoms with Gasteiger partial charge in [0.1, 0.15) is 17.0 Å². The molecule has 0 aromatic heterocycles. The number of hydrogen-bond acceptors (Lipinski definition) is 5. The third-order valence-corrected chi connectivity index (χ3v) is 2.78. The molecule has 0 fully saturated rings. The van der Waals surface area contributed by atoms with Crippen LogP contribution in [0, 0.1) is 22.0 Å². The van der Waals surface area contributed by atoms with Gasteiger partial charge in [-0.3, -0.25) is 4.79 Å². The number of nitrogens with one attached hydrogen (secondary N) is 2. The molecular weight excluding hydrogens is 272 g/mol. The Kier molecular flexibility index (Phi) is 6.15. The Labute approximate surface area is 122 Å². The first-order valence-corrected chi connectivity index (χ1v) is 6.72. The van der Waals surface area contributed by atoms with E-state index in [1.165, 1.54) is 6.20 Å². The summed E-state index contributed by atoms with van der Waals surface area (Å²) < 4.78 is 0. The zero-order valence-electron chi connectivity index (χ0n) is 11.2. The Balaban J connectivity index is 2.72. The summed E-state index contributed by atoms with van der Waals surface area (Å²) in [6.07, 6.45) is 1.37. The molecule has 2 N–H and O–H groups in total. The number of thiocyanates is 1. The summed E-state index contributed by atoms with van der Waals surface area (Å²) in [4.78, 5) is 12.5. The molecule has 0 unspecified atom stereocenters. The van der Waals surface area contributed by atoms with E-state index >= 15 is 0 Å². The van der Waals surface area contributed by atoms with Crippen molar-refractivity contribution in [2.45, 2.75) is 24.8 Å². The predicted octanol–water partition coefficient (Wildman–Crippen LogP) is 2.60. The van der Waals surface area contributed by atoms with Gasteiger partial charge in [-0.05, 0) is 49.9 Å². The molecule has 20 heavy (non-hydrogen) atoms. The molecule has 1 rings (SSSR count). The Morgan fingerprint density at radius 3 is 2.45 bits per heavy atom. The lowest BCUT2D eigenvalue weighted by Gasteiger charge is -2.07. The van der Waals surface area contributed by atoms with Gasteiger partial charge in [-0.15, -0.1) is 0 Å². The van der Waals surface area contributed by atoms with Crippen LogP contribution in [0.3, 0.4) is 0 Å². The molecule has 6 heteroatoms. The quantitative estimate of drug-likeness (QED) is 0.376. The third kappa shape index (κ3) is 5.05. The Hall–Kier alpha value is -2.44. The number of nitriles is 2. The van der Waals surface area contributed by atoms with E-state index in [0.717, 1.165) is 22.3 Å². The van der Waals surface area contributed by atoms with E-state index in [1.54, 1.807) is 24.3 Å². The van der Waals surface area contributed by atoms with Crippen molar-refractivity contribution in [2.24, 2.45) is 0 Å². The summed E-state index contributed by atoms with van der Waals surface area (Å²) >= 11 is 1.07. The number of hydrogen-bond donors (Lipinski definition) is 2. The van der Waals surface area contributed by atoms with Crippen LogP contribution in [-0.4, -0.2) is 11.9 Å². The lowest BCUT2D eigenvalue weighted by Crippen LogP contribution is -2.31. The molecule has 1 aromatic carbocycles. The van der Waals surface area contributed by atoms with Crippen molar-refractivity contribution in [3.8, 4) is 11.5 Å². The van der Waals surface area contributed by atoms with Gasteiger partial charge >= 0.3 is 0 Å². The number of anilines is 1. The van der Waals surface area contributed by atoms with E-state index in [9.17, 15) is 4.79 Å². The van der Waals surface area contributed by atoms with E-state index in [2.05, 4.69) is 10.6 Å². The maximum atomic E-state index is 11.7. The maximum Gasteiger partial charge on any atom is 0.263 e. The first kappa shape index (κ1) is 15.6. The fourth-order valence-electron chi connectivity index (χ4n) is 1.32. The Morgan fingerprint density at radius 2 is 1.95 bits per heavy atom. The topological polar surface area (TPSA) is 88.7 Å². The number of benzene rings is 1. The third-order valence-electron chi connectivity index (χ3n) is 2.19. The molecule has 0 aliphatic carbocycles. The number of rotatable bonds is 5. The smallest absolute Gasteiger partial charge is 0.263 e. The van der Waals surface area contributed by atoms with E-state index in [1.807, 2.05) is 25.3 Å². The summed E-state index contributed by atoms with van der Waals surface area (Å²) in [5, 5.41) is 25.0. The molecule has 102 valence electrons. The van der Waals surface area contributed by atoms with Gasteiger partial charge < -0.3 is 10.6 Å². The van der Waals surface area contributed by atoms with E-state index in [-0.39, 0.29) is 11.6 Å². The number of amides is 1. The molecule has 1 amide bonds. The van der Waals surface area contributed by atoms with Crippen molar-refractivity contribution in [2.75, 3.05) is 5.32 Å². The summed E-state index contributed by atoms with van der Waals surface area (Å²) in [6, 6.07) is 8.92. The molecule has 0 aliphatic rings. The van der Waals surface area contributed by atoms with Crippen molar-refractivity contribution in [1.82, 2.24) is 5.32 Å². The fourth-order valence-corrected chi connectivity index (χ4v) is 1.69. The molecule has 5 nitrogen and oxygen atoms in total.